The summed E-state index contributed by atoms with van der Waals surface area (Å²) in [5.74, 6) is 2.23. The predicted octanol–water partition coefficient (Wildman–Crippen LogP) is 3.51. The van der Waals surface area contributed by atoms with Gasteiger partial charge in [-0.05, 0) is 29.7 Å². The van der Waals surface area contributed by atoms with Crippen LogP contribution in [0.15, 0.2) is 47.2 Å². The van der Waals surface area contributed by atoms with Crippen LogP contribution < -0.4 is 9.47 Å². The zero-order valence-corrected chi connectivity index (χ0v) is 10.7. The van der Waals surface area contributed by atoms with Crippen molar-refractivity contribution in [3.05, 3.63) is 42.8 Å². The Balaban J connectivity index is 2.22. The molecular weight excluding hydrogens is 242 g/mol. The first kappa shape index (κ1) is 11.6. The molecule has 19 heavy (non-hydrogen) atoms. The SMILES string of the molecule is COc1cc(OC)c2cnc(-c3ccco3)cc2c1. The molecule has 0 aliphatic carbocycles. The monoisotopic (exact) mass is 255 g/mol. The molecule has 3 rings (SSSR count). The number of nitrogens with zero attached hydrogens (tertiary/aromatic N) is 1. The van der Waals surface area contributed by atoms with Gasteiger partial charge in [-0.1, -0.05) is 0 Å². The topological polar surface area (TPSA) is 44.5 Å². The second-order valence-electron chi connectivity index (χ2n) is 4.10. The van der Waals surface area contributed by atoms with Crippen LogP contribution in [-0.2, 0) is 0 Å². The summed E-state index contributed by atoms with van der Waals surface area (Å²) < 4.78 is 16.0. The quantitative estimate of drug-likeness (QED) is 0.718. The molecule has 0 fully saturated rings. The lowest BCUT2D eigenvalue weighted by atomic mass is 10.1. The number of rotatable bonds is 3. The van der Waals surface area contributed by atoms with Crippen molar-refractivity contribution in [1.29, 1.82) is 0 Å². The number of benzene rings is 1. The van der Waals surface area contributed by atoms with Crippen LogP contribution >= 0.6 is 0 Å². The van der Waals surface area contributed by atoms with E-state index >= 15 is 0 Å². The van der Waals surface area contributed by atoms with E-state index in [0.717, 1.165) is 33.7 Å². The molecular formula is C15H13NO3. The Morgan fingerprint density at radius 3 is 2.68 bits per heavy atom. The third-order valence-corrected chi connectivity index (χ3v) is 3.00. The summed E-state index contributed by atoms with van der Waals surface area (Å²) in [5.41, 5.74) is 0.785. The maximum Gasteiger partial charge on any atom is 0.152 e. The highest BCUT2D eigenvalue weighted by molar-refractivity contribution is 5.91. The van der Waals surface area contributed by atoms with Crippen LogP contribution in [0.2, 0.25) is 0 Å². The number of furan rings is 1. The molecule has 0 aliphatic heterocycles. The molecule has 0 unspecified atom stereocenters. The summed E-state index contributed by atoms with van der Waals surface area (Å²) in [6, 6.07) is 9.47. The van der Waals surface area contributed by atoms with E-state index < -0.39 is 0 Å². The van der Waals surface area contributed by atoms with Gasteiger partial charge >= 0.3 is 0 Å². The molecule has 0 saturated carbocycles. The highest BCUT2D eigenvalue weighted by Crippen LogP contribution is 2.32. The summed E-state index contributed by atoms with van der Waals surface area (Å²) >= 11 is 0. The zero-order valence-electron chi connectivity index (χ0n) is 10.7. The Morgan fingerprint density at radius 2 is 2.00 bits per heavy atom. The van der Waals surface area contributed by atoms with Crippen molar-refractivity contribution >= 4 is 10.8 Å². The van der Waals surface area contributed by atoms with Crippen LogP contribution in [0.3, 0.4) is 0 Å². The number of hydrogen-bond acceptors (Lipinski definition) is 4. The van der Waals surface area contributed by atoms with Gasteiger partial charge in [0.1, 0.15) is 17.2 Å². The number of methoxy groups -OCH3 is 2. The van der Waals surface area contributed by atoms with Crippen molar-refractivity contribution in [3.63, 3.8) is 0 Å². The van der Waals surface area contributed by atoms with Crippen molar-refractivity contribution in [2.75, 3.05) is 14.2 Å². The van der Waals surface area contributed by atoms with Gasteiger partial charge in [0.15, 0.2) is 5.76 Å². The Labute approximate surface area is 110 Å². The zero-order chi connectivity index (χ0) is 13.2. The molecule has 3 aromatic rings. The predicted molar refractivity (Wildman–Crippen MR) is 72.5 cm³/mol. The molecule has 0 N–H and O–H groups in total. The van der Waals surface area contributed by atoms with Crippen molar-refractivity contribution < 1.29 is 13.9 Å². The van der Waals surface area contributed by atoms with Gasteiger partial charge < -0.3 is 13.9 Å². The third-order valence-electron chi connectivity index (χ3n) is 3.00. The van der Waals surface area contributed by atoms with Gasteiger partial charge in [-0.2, -0.15) is 0 Å². The van der Waals surface area contributed by atoms with Gasteiger partial charge in [-0.3, -0.25) is 4.98 Å². The van der Waals surface area contributed by atoms with E-state index in [0.29, 0.717) is 0 Å². The number of pyridine rings is 1. The minimum Gasteiger partial charge on any atom is -0.497 e. The molecule has 0 aliphatic rings. The van der Waals surface area contributed by atoms with Crippen molar-refractivity contribution in [2.45, 2.75) is 0 Å². The van der Waals surface area contributed by atoms with Gasteiger partial charge in [0.25, 0.3) is 0 Å². The summed E-state index contributed by atoms with van der Waals surface area (Å²) in [6.45, 7) is 0. The first-order chi connectivity index (χ1) is 9.31. The van der Waals surface area contributed by atoms with Crippen molar-refractivity contribution in [1.82, 2.24) is 4.98 Å². The Kier molecular flexibility index (Phi) is 2.83. The first-order valence-corrected chi connectivity index (χ1v) is 5.87. The van der Waals surface area contributed by atoms with E-state index in [2.05, 4.69) is 4.98 Å². The summed E-state index contributed by atoms with van der Waals surface area (Å²) in [7, 11) is 3.27. The molecule has 2 aromatic heterocycles. The Morgan fingerprint density at radius 1 is 1.11 bits per heavy atom. The average molecular weight is 255 g/mol. The van der Waals surface area contributed by atoms with Gasteiger partial charge in [0.05, 0.1) is 20.5 Å². The fraction of sp³-hybridized carbons (Fsp3) is 0.133. The molecule has 2 heterocycles. The van der Waals surface area contributed by atoms with Gasteiger partial charge in [0, 0.05) is 17.6 Å². The lowest BCUT2D eigenvalue weighted by Gasteiger charge is -2.09. The highest BCUT2D eigenvalue weighted by Gasteiger charge is 2.09. The molecule has 4 heteroatoms. The van der Waals surface area contributed by atoms with Gasteiger partial charge in [0.2, 0.25) is 0 Å². The maximum atomic E-state index is 5.36. The van der Waals surface area contributed by atoms with Crippen LogP contribution in [0.4, 0.5) is 0 Å². The van der Waals surface area contributed by atoms with Crippen LogP contribution in [0.5, 0.6) is 11.5 Å². The average Bonchev–Trinajstić information content (AvgIpc) is 2.99. The van der Waals surface area contributed by atoms with Crippen molar-refractivity contribution in [3.8, 4) is 23.0 Å². The highest BCUT2D eigenvalue weighted by atomic mass is 16.5. The van der Waals surface area contributed by atoms with Crippen LogP contribution in [-0.4, -0.2) is 19.2 Å². The number of aromatic nitrogens is 1. The third kappa shape index (κ3) is 2.01. The molecule has 0 radical (unpaired) electrons. The summed E-state index contributed by atoms with van der Waals surface area (Å²) in [5, 5.41) is 1.94. The van der Waals surface area contributed by atoms with Gasteiger partial charge in [-0.25, -0.2) is 0 Å². The molecule has 0 amide bonds. The Hall–Kier alpha value is -2.49. The number of hydrogen-bond donors (Lipinski definition) is 0. The van der Waals surface area contributed by atoms with Crippen LogP contribution in [0.25, 0.3) is 22.2 Å². The molecule has 0 atom stereocenters. The molecule has 0 bridgehead atoms. The van der Waals surface area contributed by atoms with E-state index in [1.807, 2.05) is 30.3 Å². The minimum absolute atomic E-state index is 0.740. The van der Waals surface area contributed by atoms with Crippen LogP contribution in [0.1, 0.15) is 0 Å². The number of fused-ring (bicyclic) bond motifs is 1. The standard InChI is InChI=1S/C15H13NO3/c1-17-11-6-10-7-13(14-4-3-5-19-14)16-9-12(10)15(8-11)18-2/h3-9H,1-2H3. The first-order valence-electron chi connectivity index (χ1n) is 5.87. The molecule has 96 valence electrons. The van der Waals surface area contributed by atoms with E-state index in [9.17, 15) is 0 Å². The molecule has 0 saturated heterocycles. The minimum atomic E-state index is 0.740. The largest absolute Gasteiger partial charge is 0.497 e. The second-order valence-corrected chi connectivity index (χ2v) is 4.10. The van der Waals surface area contributed by atoms with E-state index in [4.69, 9.17) is 13.9 Å². The lowest BCUT2D eigenvalue weighted by Crippen LogP contribution is -1.90. The van der Waals surface area contributed by atoms with E-state index in [-0.39, 0.29) is 0 Å². The van der Waals surface area contributed by atoms with E-state index in [1.165, 1.54) is 0 Å². The molecule has 1 aromatic carbocycles. The number of ether oxygens (including phenoxy) is 2. The second kappa shape index (κ2) is 4.65. The van der Waals surface area contributed by atoms with Crippen LogP contribution in [0, 0.1) is 0 Å². The van der Waals surface area contributed by atoms with Gasteiger partial charge in [-0.15, -0.1) is 0 Å². The summed E-state index contributed by atoms with van der Waals surface area (Å²) in [6.07, 6.45) is 3.42. The fourth-order valence-corrected chi connectivity index (χ4v) is 2.04. The Bertz CT molecular complexity index is 705. The molecule has 0 spiro atoms. The smallest absolute Gasteiger partial charge is 0.152 e. The van der Waals surface area contributed by atoms with Crippen molar-refractivity contribution in [2.24, 2.45) is 0 Å². The normalized spacial score (nSPS) is 10.6. The maximum absolute atomic E-state index is 5.36. The summed E-state index contributed by atoms with van der Waals surface area (Å²) in [4.78, 5) is 4.40. The van der Waals surface area contributed by atoms with E-state index in [1.54, 1.807) is 26.7 Å². The lowest BCUT2D eigenvalue weighted by molar-refractivity contribution is 0.398. The fourth-order valence-electron chi connectivity index (χ4n) is 2.04. The molecule has 4 nitrogen and oxygen atoms in total.